The van der Waals surface area contributed by atoms with Gasteiger partial charge in [0.1, 0.15) is 0 Å². The zero-order valence-corrected chi connectivity index (χ0v) is 14.5. The molecule has 0 aromatic carbocycles. The van der Waals surface area contributed by atoms with Crippen LogP contribution in [0.3, 0.4) is 0 Å². The van der Waals surface area contributed by atoms with Gasteiger partial charge in [-0.05, 0) is 28.9 Å². The molecular formula is C8H20Cl4O2P2. The first-order valence-corrected chi connectivity index (χ1v) is 13.1. The number of hydrogen-bond acceptors (Lipinski definition) is 2. The van der Waals surface area contributed by atoms with Crippen LogP contribution in [0.5, 0.6) is 0 Å². The van der Waals surface area contributed by atoms with Crippen molar-refractivity contribution in [1.82, 2.24) is 0 Å². The molecule has 0 heterocycles. The molecular weight excluding hydrogens is 332 g/mol. The van der Waals surface area contributed by atoms with E-state index in [1.54, 1.807) is 0 Å². The van der Waals surface area contributed by atoms with Crippen molar-refractivity contribution < 1.29 is 9.46 Å². The predicted molar refractivity (Wildman–Crippen MR) is 81.1 cm³/mol. The Morgan fingerprint density at radius 1 is 1.12 bits per heavy atom. The Morgan fingerprint density at radius 3 is 1.69 bits per heavy atom. The van der Waals surface area contributed by atoms with Gasteiger partial charge in [-0.3, -0.25) is 4.57 Å². The van der Waals surface area contributed by atoms with Crippen molar-refractivity contribution in [2.45, 2.75) is 39.5 Å². The molecule has 0 aliphatic heterocycles. The zero-order valence-electron chi connectivity index (χ0n) is 9.56. The standard InChI is InChI=1S/C4H11Cl2OP.C4H9Cl2OP/c2*1-2-3-4-8(5,6)7/h7-8H,2-4H2,1H3;2-4H2,1H3. The Balaban J connectivity index is 0. The van der Waals surface area contributed by atoms with Crippen molar-refractivity contribution in [3.63, 3.8) is 0 Å². The predicted octanol–water partition coefficient (Wildman–Crippen LogP) is 6.21. The normalized spacial score (nSPS) is 12.9. The third-order valence-corrected chi connectivity index (χ3v) is 5.54. The third-order valence-electron chi connectivity index (χ3n) is 1.60. The number of halogens is 4. The van der Waals surface area contributed by atoms with Gasteiger partial charge in [-0.1, -0.05) is 13.3 Å². The summed E-state index contributed by atoms with van der Waals surface area (Å²) in [7, 11) is 0. The SMILES string of the molecule is CCCCP(=O)(Cl)Cl.CCCC[PH](O)(Cl)Cl. The van der Waals surface area contributed by atoms with E-state index in [2.05, 4.69) is 0 Å². The molecule has 8 heteroatoms. The van der Waals surface area contributed by atoms with Gasteiger partial charge in [-0.2, -0.15) is 0 Å². The number of rotatable bonds is 6. The first-order valence-electron chi connectivity index (χ1n) is 5.21. The van der Waals surface area contributed by atoms with E-state index in [0.29, 0.717) is 12.3 Å². The van der Waals surface area contributed by atoms with E-state index in [-0.39, 0.29) is 0 Å². The van der Waals surface area contributed by atoms with E-state index in [9.17, 15) is 4.57 Å². The molecule has 16 heavy (non-hydrogen) atoms. The molecule has 0 spiro atoms. The van der Waals surface area contributed by atoms with E-state index in [1.165, 1.54) is 0 Å². The van der Waals surface area contributed by atoms with Crippen molar-refractivity contribution >= 4 is 57.0 Å². The molecule has 0 saturated heterocycles. The Kier molecular flexibility index (Phi) is 13.4. The Hall–Kier alpha value is 1.78. The van der Waals surface area contributed by atoms with Crippen molar-refractivity contribution in [2.24, 2.45) is 0 Å². The molecule has 0 unspecified atom stereocenters. The minimum atomic E-state index is -2.74. The maximum absolute atomic E-state index is 10.5. The second kappa shape index (κ2) is 10.7. The Labute approximate surface area is 118 Å². The van der Waals surface area contributed by atoms with Gasteiger partial charge >= 0.3 is 59.5 Å². The van der Waals surface area contributed by atoms with Crippen LogP contribution in [0.2, 0.25) is 0 Å². The van der Waals surface area contributed by atoms with Crippen LogP contribution >= 0.6 is 57.0 Å². The van der Waals surface area contributed by atoms with Gasteiger partial charge in [0.2, 0.25) is 0 Å². The summed E-state index contributed by atoms with van der Waals surface area (Å²) in [5.41, 5.74) is 0. The molecule has 0 amide bonds. The topological polar surface area (TPSA) is 37.3 Å². The number of unbranched alkanes of at least 4 members (excludes halogenated alkanes) is 2. The van der Waals surface area contributed by atoms with Crippen molar-refractivity contribution in [3.8, 4) is 0 Å². The second-order valence-electron chi connectivity index (χ2n) is 3.42. The van der Waals surface area contributed by atoms with Gasteiger partial charge in [0, 0.05) is 6.16 Å². The van der Waals surface area contributed by atoms with Crippen LogP contribution < -0.4 is 0 Å². The molecule has 0 aliphatic carbocycles. The molecule has 0 bridgehead atoms. The third kappa shape index (κ3) is 24.8. The molecule has 0 fully saturated rings. The fourth-order valence-corrected chi connectivity index (χ4v) is 3.71. The summed E-state index contributed by atoms with van der Waals surface area (Å²) in [6.07, 6.45) is 2.11. The minimum absolute atomic E-state index is 0.451. The molecule has 0 saturated carbocycles. The van der Waals surface area contributed by atoms with E-state index in [0.717, 1.165) is 25.7 Å². The van der Waals surface area contributed by atoms with E-state index < -0.39 is 12.0 Å². The van der Waals surface area contributed by atoms with Gasteiger partial charge in [-0.15, -0.1) is 0 Å². The summed E-state index contributed by atoms with van der Waals surface area (Å²) in [5.74, 6) is -2.74. The van der Waals surface area contributed by atoms with Gasteiger partial charge in [-0.25, -0.2) is 0 Å². The number of hydrogen-bond donors (Lipinski definition) is 1. The molecule has 0 rings (SSSR count). The molecule has 102 valence electrons. The van der Waals surface area contributed by atoms with Crippen LogP contribution in [0.4, 0.5) is 0 Å². The first-order chi connectivity index (χ1) is 7.12. The fourth-order valence-electron chi connectivity index (χ4n) is 0.732. The molecule has 2 nitrogen and oxygen atoms in total. The van der Waals surface area contributed by atoms with Crippen LogP contribution in [-0.4, -0.2) is 17.2 Å². The Bertz CT molecular complexity index is 203. The van der Waals surface area contributed by atoms with Crippen molar-refractivity contribution in [3.05, 3.63) is 0 Å². The Morgan fingerprint density at radius 2 is 1.56 bits per heavy atom. The average Bonchev–Trinajstić information content (AvgIpc) is 2.10. The maximum atomic E-state index is 10.5. The van der Waals surface area contributed by atoms with Gasteiger partial charge in [0.05, 0.1) is 0 Å². The fraction of sp³-hybridized carbons (Fsp3) is 1.00. The molecule has 0 aliphatic rings. The molecule has 0 aromatic rings. The molecule has 0 radical (unpaired) electrons. The molecule has 0 atom stereocenters. The first kappa shape index (κ1) is 20.1. The molecule has 1 N–H and O–H groups in total. The monoisotopic (exact) mass is 350 g/mol. The summed E-state index contributed by atoms with van der Waals surface area (Å²) < 4.78 is 10.5. The summed E-state index contributed by atoms with van der Waals surface area (Å²) in [6.45, 7) is 4.04. The summed E-state index contributed by atoms with van der Waals surface area (Å²) in [6, 6.07) is 0. The van der Waals surface area contributed by atoms with Gasteiger partial charge in [0.15, 0.2) is 0 Å². The van der Waals surface area contributed by atoms with Crippen molar-refractivity contribution in [1.29, 1.82) is 0 Å². The van der Waals surface area contributed by atoms with Crippen LogP contribution in [-0.2, 0) is 4.57 Å². The quantitative estimate of drug-likeness (QED) is 0.577. The van der Waals surface area contributed by atoms with Crippen LogP contribution in [0.15, 0.2) is 0 Å². The van der Waals surface area contributed by atoms with Crippen LogP contribution in [0, 0.1) is 0 Å². The van der Waals surface area contributed by atoms with Crippen LogP contribution in [0.25, 0.3) is 0 Å². The van der Waals surface area contributed by atoms with Crippen LogP contribution in [0.1, 0.15) is 39.5 Å². The summed E-state index contributed by atoms with van der Waals surface area (Å²) in [4.78, 5) is 8.82. The van der Waals surface area contributed by atoms with Gasteiger partial charge < -0.3 is 0 Å². The van der Waals surface area contributed by atoms with E-state index in [1.807, 2.05) is 13.8 Å². The van der Waals surface area contributed by atoms with E-state index in [4.69, 9.17) is 49.9 Å². The van der Waals surface area contributed by atoms with Crippen molar-refractivity contribution in [2.75, 3.05) is 12.3 Å². The van der Waals surface area contributed by atoms with E-state index >= 15 is 0 Å². The molecule has 0 aromatic heterocycles. The summed E-state index contributed by atoms with van der Waals surface area (Å²) >= 11 is 21.2. The zero-order chi connectivity index (χ0) is 13.2. The second-order valence-corrected chi connectivity index (χ2v) is 15.0. The average molecular weight is 352 g/mol. The summed E-state index contributed by atoms with van der Waals surface area (Å²) in [5, 5.41) is 0. The van der Waals surface area contributed by atoms with Gasteiger partial charge in [0.25, 0.3) is 5.85 Å².